The van der Waals surface area contributed by atoms with Crippen molar-refractivity contribution in [2.75, 3.05) is 31.2 Å². The summed E-state index contributed by atoms with van der Waals surface area (Å²) >= 11 is 6.74. The van der Waals surface area contributed by atoms with Gasteiger partial charge in [0.05, 0.1) is 18.1 Å². The van der Waals surface area contributed by atoms with Crippen molar-refractivity contribution in [2.24, 2.45) is 0 Å². The number of ether oxygens (including phenoxy) is 1. The smallest absolute Gasteiger partial charge is 0.293 e. The molecule has 2 aromatic carbocycles. The maximum absolute atomic E-state index is 12.7. The van der Waals surface area contributed by atoms with Crippen LogP contribution in [0.3, 0.4) is 0 Å². The lowest BCUT2D eigenvalue weighted by atomic mass is 10.1. The number of morpholine rings is 1. The molecular formula is C24H24N8O4S2. The molecule has 38 heavy (non-hydrogen) atoms. The normalized spacial score (nSPS) is 13.4. The fourth-order valence-electron chi connectivity index (χ4n) is 4.04. The highest BCUT2D eigenvalue weighted by Gasteiger charge is 2.23. The molecule has 1 aliphatic heterocycles. The van der Waals surface area contributed by atoms with E-state index in [2.05, 4.69) is 25.9 Å². The minimum Gasteiger partial charge on any atom is -0.378 e. The van der Waals surface area contributed by atoms with E-state index < -0.39 is 10.8 Å². The van der Waals surface area contributed by atoms with Gasteiger partial charge in [-0.05, 0) is 29.9 Å². The van der Waals surface area contributed by atoms with E-state index in [0.717, 1.165) is 33.3 Å². The molecule has 2 aromatic heterocycles. The zero-order valence-corrected chi connectivity index (χ0v) is 22.0. The predicted molar refractivity (Wildman–Crippen MR) is 147 cm³/mol. The molecule has 0 bridgehead atoms. The number of amides is 1. The number of aromatic nitrogens is 4. The number of aryl methyl sites for hydroxylation is 1. The summed E-state index contributed by atoms with van der Waals surface area (Å²) in [6.07, 6.45) is 0.752. The second kappa shape index (κ2) is 11.2. The highest BCUT2D eigenvalue weighted by molar-refractivity contribution is 7.80. The number of thiocarbonyl (C=S) groups is 1. The zero-order valence-electron chi connectivity index (χ0n) is 20.4. The quantitative estimate of drug-likeness (QED) is 0.200. The maximum Gasteiger partial charge on any atom is 0.293 e. The van der Waals surface area contributed by atoms with Gasteiger partial charge in [-0.2, -0.15) is 9.61 Å². The first kappa shape index (κ1) is 25.6. The molecule has 0 atom stereocenters. The van der Waals surface area contributed by atoms with Crippen LogP contribution in [-0.2, 0) is 17.7 Å². The van der Waals surface area contributed by atoms with Crippen LogP contribution in [0.1, 0.15) is 28.7 Å². The molecule has 14 heteroatoms. The molecule has 3 heterocycles. The van der Waals surface area contributed by atoms with Crippen LogP contribution in [-0.4, -0.2) is 62.1 Å². The van der Waals surface area contributed by atoms with Gasteiger partial charge in [0.1, 0.15) is 10.7 Å². The minimum atomic E-state index is -0.524. The Morgan fingerprint density at radius 1 is 1.18 bits per heavy atom. The van der Waals surface area contributed by atoms with Gasteiger partial charge in [-0.15, -0.1) is 10.2 Å². The number of rotatable bonds is 7. The molecule has 1 aliphatic rings. The summed E-state index contributed by atoms with van der Waals surface area (Å²) in [5.74, 6) is 0.297. The number of fused-ring (bicyclic) bond motifs is 1. The third-order valence-corrected chi connectivity index (χ3v) is 7.23. The zero-order chi connectivity index (χ0) is 26.6. The summed E-state index contributed by atoms with van der Waals surface area (Å²) < 4.78 is 7.08. The van der Waals surface area contributed by atoms with E-state index in [4.69, 9.17) is 17.0 Å². The molecule has 1 saturated heterocycles. The number of nitro groups is 1. The minimum absolute atomic E-state index is 0.125. The Morgan fingerprint density at radius 3 is 2.66 bits per heavy atom. The highest BCUT2D eigenvalue weighted by Crippen LogP contribution is 2.30. The number of nitro benzene ring substituents is 1. The largest absolute Gasteiger partial charge is 0.378 e. The molecular weight excluding hydrogens is 528 g/mol. The first-order valence-corrected chi connectivity index (χ1v) is 13.2. The molecule has 196 valence electrons. The van der Waals surface area contributed by atoms with Crippen LogP contribution in [0.25, 0.3) is 15.5 Å². The Labute approximate surface area is 226 Å². The van der Waals surface area contributed by atoms with E-state index in [0.29, 0.717) is 38.5 Å². The highest BCUT2D eigenvalue weighted by atomic mass is 32.1. The Balaban J connectivity index is 1.18. The van der Waals surface area contributed by atoms with Gasteiger partial charge in [0, 0.05) is 43.2 Å². The fraction of sp³-hybridized carbons (Fsp3) is 0.292. The molecule has 5 rings (SSSR count). The average molecular weight is 553 g/mol. The van der Waals surface area contributed by atoms with Crippen molar-refractivity contribution in [3.05, 3.63) is 69.5 Å². The van der Waals surface area contributed by atoms with Crippen molar-refractivity contribution in [1.82, 2.24) is 30.4 Å². The van der Waals surface area contributed by atoms with Crippen molar-refractivity contribution in [3.8, 4) is 10.6 Å². The molecule has 0 saturated carbocycles. The van der Waals surface area contributed by atoms with Gasteiger partial charge in [-0.25, -0.2) is 0 Å². The van der Waals surface area contributed by atoms with E-state index in [1.54, 1.807) is 16.6 Å². The lowest BCUT2D eigenvalue weighted by molar-refractivity contribution is -0.384. The Kier molecular flexibility index (Phi) is 7.53. The predicted octanol–water partition coefficient (Wildman–Crippen LogP) is 2.96. The first-order valence-electron chi connectivity index (χ1n) is 11.9. The standard InChI is InChI=1S/C24H24N8O4S2/c1-2-20-27-28-24-31(20)29-22(38-24)16-5-3-15(4-6-16)14-25-23(37)26-21(33)17-7-8-18(19(13-17)32(34)35)30-9-11-36-12-10-30/h3-8,13H,2,9-12,14H2,1H3,(H2,25,26,33,37). The number of carbonyl (C=O) groups is 1. The van der Waals surface area contributed by atoms with Crippen LogP contribution < -0.4 is 15.5 Å². The Morgan fingerprint density at radius 2 is 1.95 bits per heavy atom. The lowest BCUT2D eigenvalue weighted by Gasteiger charge is -2.28. The molecule has 0 radical (unpaired) electrons. The van der Waals surface area contributed by atoms with E-state index in [9.17, 15) is 14.9 Å². The van der Waals surface area contributed by atoms with Crippen LogP contribution in [0.2, 0.25) is 0 Å². The first-order chi connectivity index (χ1) is 18.4. The molecule has 12 nitrogen and oxygen atoms in total. The van der Waals surface area contributed by atoms with Crippen molar-refractivity contribution >= 4 is 50.9 Å². The van der Waals surface area contributed by atoms with Crippen molar-refractivity contribution < 1.29 is 14.5 Å². The second-order valence-corrected chi connectivity index (χ2v) is 9.83. The van der Waals surface area contributed by atoms with Gasteiger partial charge in [0.2, 0.25) is 4.96 Å². The fourth-order valence-corrected chi connectivity index (χ4v) is 5.07. The van der Waals surface area contributed by atoms with Crippen LogP contribution in [0.4, 0.5) is 11.4 Å². The van der Waals surface area contributed by atoms with E-state index >= 15 is 0 Å². The topological polar surface area (TPSA) is 140 Å². The molecule has 0 spiro atoms. The SMILES string of the molecule is CCc1nnc2sc(-c3ccc(CNC(=S)NC(=O)c4ccc(N5CCOCC5)c([N+](=O)[O-])c4)cc3)nn12. The summed E-state index contributed by atoms with van der Waals surface area (Å²) in [6.45, 7) is 4.50. The summed E-state index contributed by atoms with van der Waals surface area (Å²) in [5.41, 5.74) is 2.40. The van der Waals surface area contributed by atoms with Crippen LogP contribution in [0, 0.1) is 10.1 Å². The molecule has 0 aliphatic carbocycles. The number of hydrogen-bond donors (Lipinski definition) is 2. The van der Waals surface area contributed by atoms with Crippen molar-refractivity contribution in [2.45, 2.75) is 19.9 Å². The Hall–Kier alpha value is -4.01. The molecule has 1 amide bonds. The van der Waals surface area contributed by atoms with Crippen molar-refractivity contribution in [3.63, 3.8) is 0 Å². The number of carbonyl (C=O) groups excluding carboxylic acids is 1. The molecule has 4 aromatic rings. The van der Waals surface area contributed by atoms with E-state index in [-0.39, 0.29) is 16.4 Å². The Bertz CT molecular complexity index is 1500. The maximum atomic E-state index is 12.7. The van der Waals surface area contributed by atoms with Gasteiger partial charge in [0.15, 0.2) is 10.9 Å². The van der Waals surface area contributed by atoms with Gasteiger partial charge in [0.25, 0.3) is 11.6 Å². The molecule has 1 fully saturated rings. The summed E-state index contributed by atoms with van der Waals surface area (Å²) in [4.78, 5) is 26.5. The molecule has 2 N–H and O–H groups in total. The number of benzene rings is 2. The third kappa shape index (κ3) is 5.46. The van der Waals surface area contributed by atoms with Gasteiger partial charge in [-0.1, -0.05) is 42.5 Å². The number of nitrogens with one attached hydrogen (secondary N) is 2. The number of anilines is 1. The monoisotopic (exact) mass is 552 g/mol. The van der Waals surface area contributed by atoms with Gasteiger partial charge in [-0.3, -0.25) is 20.2 Å². The molecule has 0 unspecified atom stereocenters. The van der Waals surface area contributed by atoms with E-state index in [1.165, 1.54) is 17.4 Å². The van der Waals surface area contributed by atoms with Crippen LogP contribution in [0.15, 0.2) is 42.5 Å². The second-order valence-electron chi connectivity index (χ2n) is 8.47. The van der Waals surface area contributed by atoms with Gasteiger partial charge >= 0.3 is 0 Å². The van der Waals surface area contributed by atoms with Gasteiger partial charge < -0.3 is 15.0 Å². The summed E-state index contributed by atoms with van der Waals surface area (Å²) in [5, 5.41) is 31.1. The average Bonchev–Trinajstić information content (AvgIpc) is 3.53. The van der Waals surface area contributed by atoms with Crippen molar-refractivity contribution in [1.29, 1.82) is 0 Å². The number of nitrogens with zero attached hydrogens (tertiary/aromatic N) is 6. The van der Waals surface area contributed by atoms with Crippen LogP contribution >= 0.6 is 23.6 Å². The summed E-state index contributed by atoms with van der Waals surface area (Å²) in [6, 6.07) is 12.3. The number of hydrogen-bond acceptors (Lipinski definition) is 10. The third-order valence-electron chi connectivity index (χ3n) is 6.04. The lowest BCUT2D eigenvalue weighted by Crippen LogP contribution is -2.39. The summed E-state index contributed by atoms with van der Waals surface area (Å²) in [7, 11) is 0. The van der Waals surface area contributed by atoms with Crippen LogP contribution in [0.5, 0.6) is 0 Å². The van der Waals surface area contributed by atoms with E-state index in [1.807, 2.05) is 36.1 Å².